The fourth-order valence-corrected chi connectivity index (χ4v) is 5.53. The van der Waals surface area contributed by atoms with Gasteiger partial charge in [0.05, 0.1) is 8.07 Å². The summed E-state index contributed by atoms with van der Waals surface area (Å²) in [4.78, 5) is 0. The van der Waals surface area contributed by atoms with Crippen LogP contribution in [-0.2, 0) is 12.8 Å². The van der Waals surface area contributed by atoms with Crippen LogP contribution in [0.15, 0.2) is 17.3 Å². The van der Waals surface area contributed by atoms with Gasteiger partial charge in [-0.25, -0.2) is 0 Å². The molecule has 3 rings (SSSR count). The van der Waals surface area contributed by atoms with E-state index < -0.39 is 8.07 Å². The molecule has 1 atom stereocenters. The molecule has 90 valence electrons. The van der Waals surface area contributed by atoms with Crippen LogP contribution in [0.5, 0.6) is 0 Å². The number of rotatable bonds is 1. The van der Waals surface area contributed by atoms with Crippen molar-refractivity contribution in [3.8, 4) is 0 Å². The van der Waals surface area contributed by atoms with Crippen molar-refractivity contribution in [3.05, 3.63) is 39.6 Å². The van der Waals surface area contributed by atoms with Crippen molar-refractivity contribution in [2.45, 2.75) is 51.7 Å². The Morgan fingerprint density at radius 1 is 1.06 bits per heavy atom. The van der Waals surface area contributed by atoms with E-state index in [1.165, 1.54) is 24.8 Å². The van der Waals surface area contributed by atoms with Crippen molar-refractivity contribution >= 4 is 14.1 Å². The van der Waals surface area contributed by atoms with Crippen molar-refractivity contribution < 1.29 is 0 Å². The summed E-state index contributed by atoms with van der Waals surface area (Å²) < 4.78 is 0. The highest BCUT2D eigenvalue weighted by atomic mass is 28.3. The lowest BCUT2D eigenvalue weighted by Crippen LogP contribution is -2.25. The van der Waals surface area contributed by atoms with Gasteiger partial charge in [-0.2, -0.15) is 0 Å². The molecule has 1 aromatic rings. The second kappa shape index (κ2) is 3.58. The maximum Gasteiger partial charge on any atom is 0.0732 e. The van der Waals surface area contributed by atoms with E-state index in [4.69, 9.17) is 0 Å². The van der Waals surface area contributed by atoms with Gasteiger partial charge < -0.3 is 0 Å². The summed E-state index contributed by atoms with van der Waals surface area (Å²) in [6.07, 6.45) is 6.47. The zero-order valence-electron chi connectivity index (χ0n) is 11.4. The molecule has 0 nitrogen and oxygen atoms in total. The molecule has 0 aromatic heterocycles. The van der Waals surface area contributed by atoms with E-state index in [9.17, 15) is 0 Å². The zero-order valence-corrected chi connectivity index (χ0v) is 12.4. The topological polar surface area (TPSA) is 0 Å². The summed E-state index contributed by atoms with van der Waals surface area (Å²) >= 11 is 0. The first-order valence-electron chi connectivity index (χ1n) is 6.84. The Morgan fingerprint density at radius 3 is 2.35 bits per heavy atom. The lowest BCUT2D eigenvalue weighted by atomic mass is 9.97. The fourth-order valence-electron chi connectivity index (χ4n) is 3.49. The third kappa shape index (κ3) is 1.72. The molecule has 1 heteroatoms. The lowest BCUT2D eigenvalue weighted by molar-refractivity contribution is 0.909. The minimum Gasteiger partial charge on any atom is -0.0734 e. The maximum atomic E-state index is 2.51. The molecule has 0 fully saturated rings. The first-order valence-corrected chi connectivity index (χ1v) is 10.3. The Bertz CT molecular complexity index is 503. The van der Waals surface area contributed by atoms with Gasteiger partial charge in [-0.15, -0.1) is 0 Å². The Morgan fingerprint density at radius 2 is 1.71 bits per heavy atom. The Balaban J connectivity index is 2.09. The number of allylic oxidation sites excluding steroid dienone is 1. The standard InChI is InChI=1S/C16H22Si/c1-11-15-9-13-7-5-6-12(13)8-14(15)10-16(11)17(2,3)4/h8-11H,5-7H2,1-4H3. The van der Waals surface area contributed by atoms with Crippen LogP contribution >= 0.6 is 0 Å². The molecule has 2 aliphatic carbocycles. The summed E-state index contributed by atoms with van der Waals surface area (Å²) in [5, 5.41) is 1.73. The predicted octanol–water partition coefficient (Wildman–Crippen LogP) is 4.55. The van der Waals surface area contributed by atoms with E-state index in [0.717, 1.165) is 0 Å². The highest BCUT2D eigenvalue weighted by molar-refractivity contribution is 6.84. The molecule has 0 N–H and O–H groups in total. The normalized spacial score (nSPS) is 22.4. The van der Waals surface area contributed by atoms with Crippen LogP contribution in [-0.4, -0.2) is 8.07 Å². The highest BCUT2D eigenvalue weighted by Gasteiger charge is 2.31. The van der Waals surface area contributed by atoms with E-state index >= 15 is 0 Å². The van der Waals surface area contributed by atoms with Gasteiger partial charge in [0.2, 0.25) is 0 Å². The molecule has 0 saturated carbocycles. The molecule has 0 aliphatic heterocycles. The molecular formula is C16H22Si. The second-order valence-corrected chi connectivity index (χ2v) is 11.8. The summed E-state index contributed by atoms with van der Waals surface area (Å²) in [6.45, 7) is 9.80. The van der Waals surface area contributed by atoms with Gasteiger partial charge in [-0.05, 0) is 47.4 Å². The molecule has 0 radical (unpaired) electrons. The minimum absolute atomic E-state index is 0.669. The van der Waals surface area contributed by atoms with E-state index in [0.29, 0.717) is 5.92 Å². The summed E-state index contributed by atoms with van der Waals surface area (Å²) in [7, 11) is -1.15. The van der Waals surface area contributed by atoms with Crippen LogP contribution in [0.1, 0.15) is 41.5 Å². The third-order valence-corrected chi connectivity index (χ3v) is 6.72. The van der Waals surface area contributed by atoms with Gasteiger partial charge in [0, 0.05) is 0 Å². The van der Waals surface area contributed by atoms with Crippen molar-refractivity contribution in [2.75, 3.05) is 0 Å². The fraction of sp³-hybridized carbons (Fsp3) is 0.500. The monoisotopic (exact) mass is 242 g/mol. The van der Waals surface area contributed by atoms with Crippen molar-refractivity contribution in [1.29, 1.82) is 0 Å². The zero-order chi connectivity index (χ0) is 12.2. The van der Waals surface area contributed by atoms with Crippen LogP contribution in [0.25, 0.3) is 6.08 Å². The van der Waals surface area contributed by atoms with Crippen molar-refractivity contribution in [3.63, 3.8) is 0 Å². The molecule has 0 saturated heterocycles. The van der Waals surface area contributed by atoms with Gasteiger partial charge in [0.1, 0.15) is 0 Å². The molecule has 1 unspecified atom stereocenters. The Labute approximate surface area is 106 Å². The SMILES string of the molecule is CC1C([Si](C)(C)C)=Cc2cc3c(cc21)CCC3. The van der Waals surface area contributed by atoms with E-state index in [1.807, 2.05) is 0 Å². The number of hydrogen-bond acceptors (Lipinski definition) is 0. The van der Waals surface area contributed by atoms with Crippen LogP contribution in [0, 0.1) is 0 Å². The molecule has 0 bridgehead atoms. The molecule has 2 aliphatic rings. The van der Waals surface area contributed by atoms with Gasteiger partial charge in [-0.1, -0.05) is 50.0 Å². The summed E-state index contributed by atoms with van der Waals surface area (Å²) in [6, 6.07) is 4.98. The largest absolute Gasteiger partial charge is 0.0734 e. The molecule has 0 heterocycles. The number of hydrogen-bond donors (Lipinski definition) is 0. The summed E-state index contributed by atoms with van der Waals surface area (Å²) in [5.74, 6) is 0.669. The highest BCUT2D eigenvalue weighted by Crippen LogP contribution is 2.42. The lowest BCUT2D eigenvalue weighted by Gasteiger charge is -2.23. The summed E-state index contributed by atoms with van der Waals surface area (Å²) in [5.41, 5.74) is 6.36. The second-order valence-electron chi connectivity index (χ2n) is 6.67. The first-order chi connectivity index (χ1) is 7.97. The number of aryl methyl sites for hydroxylation is 2. The smallest absolute Gasteiger partial charge is 0.0732 e. The predicted molar refractivity (Wildman–Crippen MR) is 78.2 cm³/mol. The van der Waals surface area contributed by atoms with Crippen molar-refractivity contribution in [1.82, 2.24) is 0 Å². The van der Waals surface area contributed by atoms with E-state index in [1.54, 1.807) is 21.9 Å². The van der Waals surface area contributed by atoms with Gasteiger partial charge >= 0.3 is 0 Å². The maximum absolute atomic E-state index is 2.51. The van der Waals surface area contributed by atoms with Crippen molar-refractivity contribution in [2.24, 2.45) is 0 Å². The number of fused-ring (bicyclic) bond motifs is 2. The van der Waals surface area contributed by atoms with E-state index in [-0.39, 0.29) is 0 Å². The average molecular weight is 242 g/mol. The van der Waals surface area contributed by atoms with Gasteiger partial charge in [-0.3, -0.25) is 0 Å². The molecule has 0 spiro atoms. The third-order valence-electron chi connectivity index (χ3n) is 4.41. The Kier molecular flexibility index (Phi) is 2.38. The Hall–Kier alpha value is -0.823. The van der Waals surface area contributed by atoms with Crippen LogP contribution < -0.4 is 0 Å². The van der Waals surface area contributed by atoms with Crippen LogP contribution in [0.4, 0.5) is 0 Å². The average Bonchev–Trinajstić information content (AvgIpc) is 2.79. The number of benzene rings is 1. The van der Waals surface area contributed by atoms with Crippen LogP contribution in [0.3, 0.4) is 0 Å². The first kappa shape index (κ1) is 11.3. The van der Waals surface area contributed by atoms with Crippen LogP contribution in [0.2, 0.25) is 19.6 Å². The quantitative estimate of drug-likeness (QED) is 0.634. The molecule has 17 heavy (non-hydrogen) atoms. The van der Waals surface area contributed by atoms with E-state index in [2.05, 4.69) is 44.8 Å². The molecule has 1 aromatic carbocycles. The molecule has 0 amide bonds. The van der Waals surface area contributed by atoms with Gasteiger partial charge in [0.15, 0.2) is 0 Å². The minimum atomic E-state index is -1.15. The van der Waals surface area contributed by atoms with Gasteiger partial charge in [0.25, 0.3) is 0 Å². The molecular weight excluding hydrogens is 220 g/mol.